The first kappa shape index (κ1) is 14.1. The second kappa shape index (κ2) is 6.26. The van der Waals surface area contributed by atoms with Gasteiger partial charge in [0.2, 0.25) is 0 Å². The van der Waals surface area contributed by atoms with Gasteiger partial charge in [0.25, 0.3) is 5.91 Å². The lowest BCUT2D eigenvalue weighted by Crippen LogP contribution is -2.32. The monoisotopic (exact) mass is 286 g/mol. The van der Waals surface area contributed by atoms with E-state index in [4.69, 9.17) is 0 Å². The van der Waals surface area contributed by atoms with Crippen molar-refractivity contribution in [3.05, 3.63) is 30.0 Å². The molecule has 1 aromatic carbocycles. The van der Waals surface area contributed by atoms with E-state index in [0.29, 0.717) is 5.69 Å². The number of carbonyl (C=O) groups is 1. The molecule has 112 valence electrons. The molecule has 0 bridgehead atoms. The highest BCUT2D eigenvalue weighted by molar-refractivity contribution is 6.04. The second-order valence-corrected chi connectivity index (χ2v) is 5.91. The summed E-state index contributed by atoms with van der Waals surface area (Å²) in [5, 5.41) is 10.9. The summed E-state index contributed by atoms with van der Waals surface area (Å²) in [6.45, 7) is 3.07. The number of hydrogen-bond donors (Lipinski definition) is 2. The lowest BCUT2D eigenvalue weighted by atomic mass is 9.94. The topological polar surface area (TPSA) is 61.0 Å². The molecule has 5 heteroatoms. The maximum Gasteiger partial charge on any atom is 0.272 e. The van der Waals surface area contributed by atoms with Crippen LogP contribution in [0.25, 0.3) is 10.9 Å². The smallest absolute Gasteiger partial charge is 0.272 e. The highest BCUT2D eigenvalue weighted by atomic mass is 16.1. The molecule has 1 aliphatic rings. The number of nitrogens with zero attached hydrogens (tertiary/aromatic N) is 2. The average molecular weight is 286 g/mol. The van der Waals surface area contributed by atoms with Crippen molar-refractivity contribution in [2.24, 2.45) is 5.92 Å². The van der Waals surface area contributed by atoms with E-state index in [1.165, 1.54) is 25.9 Å². The standard InChI is InChI=1S/C16H22N4O/c1-20-10-7-12(8-11-20)6-9-17-16(21)15-13-4-2-3-5-14(13)18-19-15/h2-5,12H,6-11H2,1H3,(H,17,21)(H,18,19). The van der Waals surface area contributed by atoms with Crippen LogP contribution in [0.15, 0.2) is 24.3 Å². The summed E-state index contributed by atoms with van der Waals surface area (Å²) in [6.07, 6.45) is 3.53. The van der Waals surface area contributed by atoms with Gasteiger partial charge in [-0.2, -0.15) is 5.10 Å². The Kier molecular flexibility index (Phi) is 4.20. The summed E-state index contributed by atoms with van der Waals surface area (Å²) in [4.78, 5) is 14.6. The van der Waals surface area contributed by atoms with Gasteiger partial charge < -0.3 is 10.2 Å². The Hall–Kier alpha value is -1.88. The summed E-state index contributed by atoms with van der Waals surface area (Å²) < 4.78 is 0. The fraction of sp³-hybridized carbons (Fsp3) is 0.500. The Morgan fingerprint density at radius 2 is 2.14 bits per heavy atom. The van der Waals surface area contributed by atoms with Crippen LogP contribution in [0.4, 0.5) is 0 Å². The maximum atomic E-state index is 12.2. The molecule has 0 saturated carbocycles. The fourth-order valence-corrected chi connectivity index (χ4v) is 2.96. The Bertz CT molecular complexity index is 614. The number of para-hydroxylation sites is 1. The first-order valence-electron chi connectivity index (χ1n) is 7.64. The minimum Gasteiger partial charge on any atom is -0.351 e. The van der Waals surface area contributed by atoms with Crippen LogP contribution in [0.3, 0.4) is 0 Å². The summed E-state index contributed by atoms with van der Waals surface area (Å²) in [7, 11) is 2.17. The van der Waals surface area contributed by atoms with Crippen molar-refractivity contribution in [1.82, 2.24) is 20.4 Å². The summed E-state index contributed by atoms with van der Waals surface area (Å²) >= 11 is 0. The molecule has 0 spiro atoms. The molecule has 0 atom stereocenters. The van der Waals surface area contributed by atoms with Gasteiger partial charge in [-0.25, -0.2) is 0 Å². The number of fused-ring (bicyclic) bond motifs is 1. The first-order chi connectivity index (χ1) is 10.2. The molecule has 21 heavy (non-hydrogen) atoms. The second-order valence-electron chi connectivity index (χ2n) is 5.91. The molecule has 0 unspecified atom stereocenters. The van der Waals surface area contributed by atoms with Crippen LogP contribution in [0.1, 0.15) is 29.8 Å². The van der Waals surface area contributed by atoms with E-state index in [0.717, 1.165) is 29.8 Å². The Labute approximate surface area is 124 Å². The summed E-state index contributed by atoms with van der Waals surface area (Å²) in [5.41, 5.74) is 1.40. The Morgan fingerprint density at radius 1 is 1.38 bits per heavy atom. The number of H-pyrrole nitrogens is 1. The molecular weight excluding hydrogens is 264 g/mol. The van der Waals surface area contributed by atoms with E-state index in [-0.39, 0.29) is 5.91 Å². The van der Waals surface area contributed by atoms with Crippen molar-refractivity contribution in [2.45, 2.75) is 19.3 Å². The average Bonchev–Trinajstić information content (AvgIpc) is 2.93. The SMILES string of the molecule is CN1CCC(CCNC(=O)c2n[nH]c3ccccc23)CC1. The van der Waals surface area contributed by atoms with Crippen molar-refractivity contribution >= 4 is 16.8 Å². The molecule has 1 amide bonds. The van der Waals surface area contributed by atoms with Crippen LogP contribution in [0.5, 0.6) is 0 Å². The molecule has 0 aliphatic carbocycles. The number of aromatic amines is 1. The van der Waals surface area contributed by atoms with Crippen molar-refractivity contribution in [3.63, 3.8) is 0 Å². The number of carbonyl (C=O) groups excluding carboxylic acids is 1. The predicted octanol–water partition coefficient (Wildman–Crippen LogP) is 2.02. The Morgan fingerprint density at radius 3 is 2.95 bits per heavy atom. The summed E-state index contributed by atoms with van der Waals surface area (Å²) in [5.74, 6) is 0.651. The summed E-state index contributed by atoms with van der Waals surface area (Å²) in [6, 6.07) is 7.71. The van der Waals surface area contributed by atoms with Gasteiger partial charge in [-0.05, 0) is 51.4 Å². The van der Waals surface area contributed by atoms with Gasteiger partial charge in [0.1, 0.15) is 0 Å². The number of nitrogens with one attached hydrogen (secondary N) is 2. The molecule has 2 N–H and O–H groups in total. The number of likely N-dealkylation sites (tertiary alicyclic amines) is 1. The van der Waals surface area contributed by atoms with Crippen LogP contribution in [-0.2, 0) is 0 Å². The minimum absolute atomic E-state index is 0.0830. The van der Waals surface area contributed by atoms with E-state index in [9.17, 15) is 4.79 Å². The van der Waals surface area contributed by atoms with Crippen LogP contribution >= 0.6 is 0 Å². The quantitative estimate of drug-likeness (QED) is 0.904. The van der Waals surface area contributed by atoms with Gasteiger partial charge in [-0.1, -0.05) is 18.2 Å². The minimum atomic E-state index is -0.0830. The highest BCUT2D eigenvalue weighted by Crippen LogP contribution is 2.19. The van der Waals surface area contributed by atoms with Crippen molar-refractivity contribution < 1.29 is 4.79 Å². The van der Waals surface area contributed by atoms with Crippen LogP contribution in [0.2, 0.25) is 0 Å². The van der Waals surface area contributed by atoms with E-state index < -0.39 is 0 Å². The molecule has 1 saturated heterocycles. The maximum absolute atomic E-state index is 12.2. The third-order valence-corrected chi connectivity index (χ3v) is 4.36. The number of benzene rings is 1. The third-order valence-electron chi connectivity index (χ3n) is 4.36. The fourth-order valence-electron chi connectivity index (χ4n) is 2.96. The molecule has 1 aromatic heterocycles. The van der Waals surface area contributed by atoms with E-state index in [1.807, 2.05) is 24.3 Å². The largest absolute Gasteiger partial charge is 0.351 e. The lowest BCUT2D eigenvalue weighted by Gasteiger charge is -2.28. The van der Waals surface area contributed by atoms with Gasteiger partial charge in [0.05, 0.1) is 5.52 Å². The van der Waals surface area contributed by atoms with Gasteiger partial charge in [0.15, 0.2) is 5.69 Å². The Balaban J connectivity index is 1.52. The van der Waals surface area contributed by atoms with Crippen LogP contribution in [-0.4, -0.2) is 47.7 Å². The van der Waals surface area contributed by atoms with Crippen molar-refractivity contribution in [1.29, 1.82) is 0 Å². The number of rotatable bonds is 4. The first-order valence-corrected chi connectivity index (χ1v) is 7.64. The number of aromatic nitrogens is 2. The van der Waals surface area contributed by atoms with Gasteiger partial charge in [0, 0.05) is 11.9 Å². The molecule has 1 fully saturated rings. The van der Waals surface area contributed by atoms with E-state index >= 15 is 0 Å². The molecule has 5 nitrogen and oxygen atoms in total. The molecule has 3 rings (SSSR count). The van der Waals surface area contributed by atoms with Crippen molar-refractivity contribution in [3.8, 4) is 0 Å². The van der Waals surface area contributed by atoms with Gasteiger partial charge in [-0.3, -0.25) is 9.89 Å². The third kappa shape index (κ3) is 3.24. The van der Waals surface area contributed by atoms with Crippen LogP contribution < -0.4 is 5.32 Å². The highest BCUT2D eigenvalue weighted by Gasteiger charge is 2.17. The lowest BCUT2D eigenvalue weighted by molar-refractivity contribution is 0.0945. The van der Waals surface area contributed by atoms with Gasteiger partial charge >= 0.3 is 0 Å². The molecule has 1 aliphatic heterocycles. The normalized spacial score (nSPS) is 17.2. The zero-order chi connectivity index (χ0) is 14.7. The van der Waals surface area contributed by atoms with Crippen LogP contribution in [0, 0.1) is 5.92 Å². The van der Waals surface area contributed by atoms with E-state index in [2.05, 4.69) is 27.5 Å². The molecule has 2 heterocycles. The van der Waals surface area contributed by atoms with Gasteiger partial charge in [-0.15, -0.1) is 0 Å². The molecular formula is C16H22N4O. The van der Waals surface area contributed by atoms with E-state index in [1.54, 1.807) is 0 Å². The molecule has 0 radical (unpaired) electrons. The number of hydrogen-bond acceptors (Lipinski definition) is 3. The predicted molar refractivity (Wildman–Crippen MR) is 83.3 cm³/mol. The zero-order valence-electron chi connectivity index (χ0n) is 12.4. The molecule has 2 aromatic rings. The van der Waals surface area contributed by atoms with Crippen molar-refractivity contribution in [2.75, 3.05) is 26.7 Å². The number of amides is 1. The number of piperidine rings is 1. The zero-order valence-corrected chi connectivity index (χ0v) is 12.4.